The molecular weight excluding hydrogens is 303 g/mol. The van der Waals surface area contributed by atoms with Gasteiger partial charge in [0.1, 0.15) is 5.82 Å². The Labute approximate surface area is 124 Å². The zero-order chi connectivity index (χ0) is 16.5. The molecule has 1 nitrogen and oxygen atoms in total. The van der Waals surface area contributed by atoms with Gasteiger partial charge in [0, 0.05) is 0 Å². The molecule has 0 aliphatic carbocycles. The van der Waals surface area contributed by atoms with Gasteiger partial charge in [-0.15, -0.1) is 0 Å². The number of aryl methyl sites for hydroxylation is 2. The SMILES string of the molecule is CCc1cc(F)c(OC(F)(F)c2ccc(C)cc2F)c(F)c1. The Bertz CT molecular complexity index is 674. The summed E-state index contributed by atoms with van der Waals surface area (Å²) in [6.07, 6.45) is -3.87. The smallest absolute Gasteiger partial charge is 0.423 e. The largest absolute Gasteiger partial charge is 0.429 e. The molecule has 118 valence electrons. The van der Waals surface area contributed by atoms with Gasteiger partial charge in [0.05, 0.1) is 5.56 Å². The molecule has 2 aromatic rings. The van der Waals surface area contributed by atoms with Crippen molar-refractivity contribution < 1.29 is 26.7 Å². The van der Waals surface area contributed by atoms with Gasteiger partial charge >= 0.3 is 6.11 Å². The lowest BCUT2D eigenvalue weighted by Crippen LogP contribution is -2.24. The Kier molecular flexibility index (Phi) is 4.39. The molecule has 0 radical (unpaired) electrons. The minimum atomic E-state index is -4.20. The lowest BCUT2D eigenvalue weighted by atomic mass is 10.1. The topological polar surface area (TPSA) is 9.23 Å². The summed E-state index contributed by atoms with van der Waals surface area (Å²) in [5.41, 5.74) is -0.356. The van der Waals surface area contributed by atoms with Crippen molar-refractivity contribution in [2.75, 3.05) is 0 Å². The van der Waals surface area contributed by atoms with Crippen molar-refractivity contribution in [3.05, 3.63) is 64.5 Å². The molecular formula is C16H13F5O. The Hall–Kier alpha value is -2.11. The number of rotatable bonds is 4. The predicted octanol–water partition coefficient (Wildman–Crippen LogP) is 5.10. The summed E-state index contributed by atoms with van der Waals surface area (Å²) in [5, 5.41) is 0. The van der Waals surface area contributed by atoms with Crippen LogP contribution in [-0.4, -0.2) is 0 Å². The van der Waals surface area contributed by atoms with E-state index in [9.17, 15) is 22.0 Å². The fourth-order valence-corrected chi connectivity index (χ4v) is 1.95. The Morgan fingerprint density at radius 3 is 2.05 bits per heavy atom. The van der Waals surface area contributed by atoms with Gasteiger partial charge in [0.2, 0.25) is 0 Å². The third-order valence-corrected chi connectivity index (χ3v) is 3.13. The Balaban J connectivity index is 2.40. The van der Waals surface area contributed by atoms with Gasteiger partial charge in [0.15, 0.2) is 17.4 Å². The summed E-state index contributed by atoms with van der Waals surface area (Å²) in [5.74, 6) is -4.97. The first-order valence-electron chi connectivity index (χ1n) is 6.56. The zero-order valence-electron chi connectivity index (χ0n) is 11.9. The zero-order valence-corrected chi connectivity index (χ0v) is 11.9. The van der Waals surface area contributed by atoms with E-state index in [2.05, 4.69) is 4.74 Å². The molecule has 6 heteroatoms. The lowest BCUT2D eigenvalue weighted by molar-refractivity contribution is -0.190. The lowest BCUT2D eigenvalue weighted by Gasteiger charge is -2.20. The number of alkyl halides is 2. The standard InChI is InChI=1S/C16H13F5O/c1-3-10-7-13(18)15(14(19)8-10)22-16(20,21)11-5-4-9(2)6-12(11)17/h4-8H,3H2,1-2H3. The number of benzene rings is 2. The van der Waals surface area contributed by atoms with Crippen molar-refractivity contribution in [2.45, 2.75) is 26.4 Å². The predicted molar refractivity (Wildman–Crippen MR) is 71.4 cm³/mol. The summed E-state index contributed by atoms with van der Waals surface area (Å²) in [6.45, 7) is 3.18. The molecule has 0 saturated carbocycles. The van der Waals surface area contributed by atoms with Crippen LogP contribution >= 0.6 is 0 Å². The summed E-state index contributed by atoms with van der Waals surface area (Å²) < 4.78 is 73.2. The van der Waals surface area contributed by atoms with Crippen LogP contribution in [0.4, 0.5) is 22.0 Å². The van der Waals surface area contributed by atoms with Gasteiger partial charge < -0.3 is 4.74 Å². The highest BCUT2D eigenvalue weighted by atomic mass is 19.3. The molecule has 0 spiro atoms. The van der Waals surface area contributed by atoms with Crippen LogP contribution in [0.15, 0.2) is 30.3 Å². The number of hydrogen-bond acceptors (Lipinski definition) is 1. The molecule has 0 bridgehead atoms. The van der Waals surface area contributed by atoms with E-state index in [1.165, 1.54) is 13.0 Å². The summed E-state index contributed by atoms with van der Waals surface area (Å²) >= 11 is 0. The summed E-state index contributed by atoms with van der Waals surface area (Å²) in [4.78, 5) is 0. The third-order valence-electron chi connectivity index (χ3n) is 3.13. The van der Waals surface area contributed by atoms with Crippen LogP contribution in [0.2, 0.25) is 0 Å². The molecule has 0 unspecified atom stereocenters. The molecule has 0 amide bonds. The van der Waals surface area contributed by atoms with Crippen LogP contribution in [0.5, 0.6) is 5.75 Å². The molecule has 22 heavy (non-hydrogen) atoms. The first-order valence-corrected chi connectivity index (χ1v) is 6.56. The van der Waals surface area contributed by atoms with Crippen molar-refractivity contribution in [3.8, 4) is 5.75 Å². The molecule has 0 heterocycles. The van der Waals surface area contributed by atoms with Crippen LogP contribution < -0.4 is 4.74 Å². The molecule has 0 aliphatic rings. The van der Waals surface area contributed by atoms with Gasteiger partial charge in [-0.2, -0.15) is 8.78 Å². The maximum Gasteiger partial charge on any atom is 0.429 e. The van der Waals surface area contributed by atoms with E-state index in [0.717, 1.165) is 24.3 Å². The van der Waals surface area contributed by atoms with Crippen LogP contribution in [-0.2, 0) is 12.5 Å². The van der Waals surface area contributed by atoms with Crippen LogP contribution in [0.1, 0.15) is 23.6 Å². The fraction of sp³-hybridized carbons (Fsp3) is 0.250. The monoisotopic (exact) mass is 316 g/mol. The molecule has 0 aliphatic heterocycles. The van der Waals surface area contributed by atoms with Crippen molar-refractivity contribution in [1.82, 2.24) is 0 Å². The first kappa shape index (κ1) is 16.3. The normalized spacial score (nSPS) is 11.6. The van der Waals surface area contributed by atoms with Crippen LogP contribution in [0.3, 0.4) is 0 Å². The maximum absolute atomic E-state index is 14.0. The van der Waals surface area contributed by atoms with E-state index in [4.69, 9.17) is 0 Å². The minimum Gasteiger partial charge on any atom is -0.423 e. The minimum absolute atomic E-state index is 0.298. The molecule has 2 aromatic carbocycles. The van der Waals surface area contributed by atoms with E-state index in [1.807, 2.05) is 0 Å². The van der Waals surface area contributed by atoms with Gasteiger partial charge in [0.25, 0.3) is 0 Å². The fourth-order valence-electron chi connectivity index (χ4n) is 1.95. The first-order chi connectivity index (χ1) is 10.2. The van der Waals surface area contributed by atoms with E-state index < -0.39 is 34.9 Å². The van der Waals surface area contributed by atoms with E-state index in [0.29, 0.717) is 17.5 Å². The second-order valence-corrected chi connectivity index (χ2v) is 4.84. The summed E-state index contributed by atoms with van der Waals surface area (Å²) in [7, 11) is 0. The van der Waals surface area contributed by atoms with Gasteiger partial charge in [-0.25, -0.2) is 13.2 Å². The third kappa shape index (κ3) is 3.21. The van der Waals surface area contributed by atoms with Crippen molar-refractivity contribution in [1.29, 1.82) is 0 Å². The highest BCUT2D eigenvalue weighted by molar-refractivity contribution is 5.33. The van der Waals surface area contributed by atoms with Gasteiger partial charge in [-0.05, 0) is 48.7 Å². The molecule has 0 fully saturated rings. The van der Waals surface area contributed by atoms with Gasteiger partial charge in [-0.1, -0.05) is 13.0 Å². The Morgan fingerprint density at radius 1 is 0.955 bits per heavy atom. The molecule has 0 atom stereocenters. The number of hydrogen-bond donors (Lipinski definition) is 0. The molecule has 0 N–H and O–H groups in total. The van der Waals surface area contributed by atoms with E-state index in [1.54, 1.807) is 6.92 Å². The highest BCUT2D eigenvalue weighted by Gasteiger charge is 2.39. The second kappa shape index (κ2) is 5.94. The van der Waals surface area contributed by atoms with Gasteiger partial charge in [-0.3, -0.25) is 0 Å². The molecule has 0 saturated heterocycles. The number of ether oxygens (including phenoxy) is 1. The van der Waals surface area contributed by atoms with Crippen LogP contribution in [0, 0.1) is 24.4 Å². The summed E-state index contributed by atoms with van der Waals surface area (Å²) in [6, 6.07) is 4.77. The quantitative estimate of drug-likeness (QED) is 0.713. The van der Waals surface area contributed by atoms with E-state index >= 15 is 0 Å². The number of halogens is 5. The Morgan fingerprint density at radius 2 is 1.55 bits per heavy atom. The molecule has 2 rings (SSSR count). The molecule has 0 aromatic heterocycles. The average molecular weight is 316 g/mol. The van der Waals surface area contributed by atoms with Crippen molar-refractivity contribution in [3.63, 3.8) is 0 Å². The maximum atomic E-state index is 14.0. The second-order valence-electron chi connectivity index (χ2n) is 4.84. The highest BCUT2D eigenvalue weighted by Crippen LogP contribution is 2.36. The average Bonchev–Trinajstić information content (AvgIpc) is 2.42. The van der Waals surface area contributed by atoms with Crippen LogP contribution in [0.25, 0.3) is 0 Å². The van der Waals surface area contributed by atoms with E-state index in [-0.39, 0.29) is 0 Å². The van der Waals surface area contributed by atoms with Crippen molar-refractivity contribution >= 4 is 0 Å². The van der Waals surface area contributed by atoms with Crippen molar-refractivity contribution in [2.24, 2.45) is 0 Å².